The second-order valence-corrected chi connectivity index (χ2v) is 3.40. The van der Waals surface area contributed by atoms with Gasteiger partial charge in [0, 0.05) is 6.07 Å². The number of rotatable bonds is 3. The van der Waals surface area contributed by atoms with E-state index in [4.69, 9.17) is 10.2 Å². The zero-order valence-corrected chi connectivity index (χ0v) is 8.78. The summed E-state index contributed by atoms with van der Waals surface area (Å²) in [6.07, 6.45) is 0. The zero-order chi connectivity index (χ0) is 11.5. The predicted molar refractivity (Wildman–Crippen MR) is 57.6 cm³/mol. The van der Waals surface area contributed by atoms with Crippen molar-refractivity contribution in [2.75, 3.05) is 5.73 Å². The fourth-order valence-corrected chi connectivity index (χ4v) is 1.30. The summed E-state index contributed by atoms with van der Waals surface area (Å²) in [5.41, 5.74) is 5.72. The molecule has 6 heteroatoms. The molecule has 0 aliphatic heterocycles. The molecule has 0 aliphatic rings. The van der Waals surface area contributed by atoms with Crippen molar-refractivity contribution in [1.29, 1.82) is 0 Å². The van der Waals surface area contributed by atoms with Crippen LogP contribution in [0.25, 0.3) is 0 Å². The van der Waals surface area contributed by atoms with Crippen LogP contribution >= 0.6 is 0 Å². The number of H-pyrrole nitrogens is 1. The van der Waals surface area contributed by atoms with E-state index in [-0.39, 0.29) is 5.91 Å². The maximum Gasteiger partial charge on any atom is 0.269 e. The number of nitrogens with two attached hydrogens (primary N) is 1. The number of carbonyl (C=O) groups excluding carboxylic acids is 1. The van der Waals surface area contributed by atoms with Crippen molar-refractivity contribution in [1.82, 2.24) is 15.5 Å². The predicted octanol–water partition coefficient (Wildman–Crippen LogP) is 0.823. The van der Waals surface area contributed by atoms with E-state index in [1.807, 2.05) is 19.1 Å². The number of nitrogen functional groups attached to an aromatic ring is 1. The van der Waals surface area contributed by atoms with Crippen LogP contribution in [0, 0.1) is 6.92 Å². The highest BCUT2D eigenvalue weighted by atomic mass is 16.3. The molecule has 0 fully saturated rings. The first kappa shape index (κ1) is 10.3. The molecule has 0 atom stereocenters. The summed E-state index contributed by atoms with van der Waals surface area (Å²) >= 11 is 0. The maximum absolute atomic E-state index is 11.6. The molecule has 0 saturated heterocycles. The summed E-state index contributed by atoms with van der Waals surface area (Å²) in [4.78, 5) is 11.6. The van der Waals surface area contributed by atoms with Crippen LogP contribution in [0.4, 0.5) is 5.82 Å². The van der Waals surface area contributed by atoms with Crippen LogP contribution in [0.1, 0.15) is 22.0 Å². The first-order chi connectivity index (χ1) is 7.65. The Balaban J connectivity index is 1.93. The van der Waals surface area contributed by atoms with Gasteiger partial charge in [0.1, 0.15) is 23.0 Å². The van der Waals surface area contributed by atoms with Crippen LogP contribution in [0.5, 0.6) is 0 Å². The Morgan fingerprint density at radius 3 is 3.00 bits per heavy atom. The Morgan fingerprint density at radius 2 is 2.44 bits per heavy atom. The molecule has 0 aliphatic carbocycles. The van der Waals surface area contributed by atoms with E-state index >= 15 is 0 Å². The Hall–Kier alpha value is -2.24. The molecule has 0 aromatic carbocycles. The van der Waals surface area contributed by atoms with Crippen molar-refractivity contribution in [3.05, 3.63) is 35.4 Å². The molecule has 2 rings (SSSR count). The van der Waals surface area contributed by atoms with Crippen LogP contribution in [-0.2, 0) is 6.54 Å². The first-order valence-corrected chi connectivity index (χ1v) is 4.79. The molecule has 0 spiro atoms. The molecule has 0 bridgehead atoms. The fourth-order valence-electron chi connectivity index (χ4n) is 1.30. The Labute approximate surface area is 91.8 Å². The summed E-state index contributed by atoms with van der Waals surface area (Å²) in [7, 11) is 0. The van der Waals surface area contributed by atoms with Gasteiger partial charge in [-0.1, -0.05) is 0 Å². The van der Waals surface area contributed by atoms with Crippen molar-refractivity contribution < 1.29 is 9.21 Å². The van der Waals surface area contributed by atoms with Gasteiger partial charge < -0.3 is 15.5 Å². The Bertz CT molecular complexity index is 500. The van der Waals surface area contributed by atoms with Crippen molar-refractivity contribution >= 4 is 11.7 Å². The number of carbonyl (C=O) groups is 1. The molecule has 2 heterocycles. The average molecular weight is 220 g/mol. The van der Waals surface area contributed by atoms with E-state index < -0.39 is 0 Å². The van der Waals surface area contributed by atoms with Crippen LogP contribution < -0.4 is 11.1 Å². The third kappa shape index (κ3) is 2.22. The minimum absolute atomic E-state index is 0.266. The summed E-state index contributed by atoms with van der Waals surface area (Å²) in [5, 5.41) is 8.88. The number of hydrogen-bond donors (Lipinski definition) is 3. The third-order valence-electron chi connectivity index (χ3n) is 2.06. The Kier molecular flexibility index (Phi) is 2.63. The number of aromatic amines is 1. The van der Waals surface area contributed by atoms with Crippen molar-refractivity contribution in [3.8, 4) is 0 Å². The fraction of sp³-hybridized carbons (Fsp3) is 0.200. The lowest BCUT2D eigenvalue weighted by atomic mass is 10.3. The molecular weight excluding hydrogens is 208 g/mol. The van der Waals surface area contributed by atoms with E-state index in [9.17, 15) is 4.79 Å². The molecule has 2 aromatic rings. The summed E-state index contributed by atoms with van der Waals surface area (Å²) in [6, 6.07) is 5.13. The lowest BCUT2D eigenvalue weighted by molar-refractivity contribution is 0.0943. The minimum atomic E-state index is -0.266. The SMILES string of the molecule is Cc1ccc(CNC(=O)c2cc(N)n[nH]2)o1. The standard InChI is InChI=1S/C10H12N4O2/c1-6-2-3-7(16-6)5-12-10(15)8-4-9(11)14-13-8/h2-4H,5H2,1H3,(H,12,15)(H3,11,13,14). The maximum atomic E-state index is 11.6. The highest BCUT2D eigenvalue weighted by Crippen LogP contribution is 2.06. The second kappa shape index (κ2) is 4.09. The van der Waals surface area contributed by atoms with Gasteiger partial charge in [-0.25, -0.2) is 0 Å². The van der Waals surface area contributed by atoms with E-state index in [1.165, 1.54) is 6.07 Å². The average Bonchev–Trinajstić information content (AvgIpc) is 2.84. The monoisotopic (exact) mass is 220 g/mol. The van der Waals surface area contributed by atoms with Crippen LogP contribution in [0.2, 0.25) is 0 Å². The minimum Gasteiger partial charge on any atom is -0.465 e. The third-order valence-corrected chi connectivity index (χ3v) is 2.06. The van der Waals surface area contributed by atoms with E-state index in [0.29, 0.717) is 23.8 Å². The van der Waals surface area contributed by atoms with Gasteiger partial charge in [-0.3, -0.25) is 9.89 Å². The number of nitrogens with one attached hydrogen (secondary N) is 2. The highest BCUT2D eigenvalue weighted by Gasteiger charge is 2.08. The van der Waals surface area contributed by atoms with E-state index in [1.54, 1.807) is 0 Å². The summed E-state index contributed by atoms with van der Waals surface area (Å²) in [5.74, 6) is 1.55. The molecule has 0 saturated carbocycles. The zero-order valence-electron chi connectivity index (χ0n) is 8.78. The van der Waals surface area contributed by atoms with Gasteiger partial charge in [-0.2, -0.15) is 5.10 Å². The van der Waals surface area contributed by atoms with Crippen molar-refractivity contribution in [2.45, 2.75) is 13.5 Å². The quantitative estimate of drug-likeness (QED) is 0.713. The van der Waals surface area contributed by atoms with Crippen LogP contribution in [0.3, 0.4) is 0 Å². The van der Waals surface area contributed by atoms with Gasteiger partial charge in [0.25, 0.3) is 5.91 Å². The van der Waals surface area contributed by atoms with Crippen molar-refractivity contribution in [2.24, 2.45) is 0 Å². The molecule has 16 heavy (non-hydrogen) atoms. The van der Waals surface area contributed by atoms with Crippen LogP contribution in [-0.4, -0.2) is 16.1 Å². The lowest BCUT2D eigenvalue weighted by Gasteiger charge is -1.99. The number of aryl methyl sites for hydroxylation is 1. The first-order valence-electron chi connectivity index (χ1n) is 4.79. The molecule has 2 aromatic heterocycles. The molecule has 1 amide bonds. The molecule has 6 nitrogen and oxygen atoms in total. The summed E-state index contributed by atoms with van der Waals surface area (Å²) in [6.45, 7) is 2.19. The summed E-state index contributed by atoms with van der Waals surface area (Å²) < 4.78 is 5.31. The Morgan fingerprint density at radius 1 is 1.62 bits per heavy atom. The topological polar surface area (TPSA) is 96.9 Å². The van der Waals surface area contributed by atoms with Gasteiger partial charge in [0.05, 0.1) is 6.54 Å². The van der Waals surface area contributed by atoms with E-state index in [2.05, 4.69) is 15.5 Å². The molecule has 84 valence electrons. The normalized spacial score (nSPS) is 10.3. The number of anilines is 1. The number of aromatic nitrogens is 2. The molecular formula is C10H12N4O2. The highest BCUT2D eigenvalue weighted by molar-refractivity contribution is 5.92. The van der Waals surface area contributed by atoms with Gasteiger partial charge >= 0.3 is 0 Å². The smallest absolute Gasteiger partial charge is 0.269 e. The molecule has 0 unspecified atom stereocenters. The van der Waals surface area contributed by atoms with Crippen LogP contribution in [0.15, 0.2) is 22.6 Å². The van der Waals surface area contributed by atoms with E-state index in [0.717, 1.165) is 5.76 Å². The van der Waals surface area contributed by atoms with Gasteiger partial charge in [0.2, 0.25) is 0 Å². The second-order valence-electron chi connectivity index (χ2n) is 3.40. The van der Waals surface area contributed by atoms with Gasteiger partial charge in [0.15, 0.2) is 0 Å². The molecule has 0 radical (unpaired) electrons. The number of hydrogen-bond acceptors (Lipinski definition) is 4. The number of amides is 1. The number of nitrogens with zero attached hydrogens (tertiary/aromatic N) is 1. The van der Waals surface area contributed by atoms with Gasteiger partial charge in [-0.15, -0.1) is 0 Å². The van der Waals surface area contributed by atoms with Gasteiger partial charge in [-0.05, 0) is 19.1 Å². The van der Waals surface area contributed by atoms with Crippen molar-refractivity contribution in [3.63, 3.8) is 0 Å². The number of furan rings is 1. The molecule has 4 N–H and O–H groups in total. The lowest BCUT2D eigenvalue weighted by Crippen LogP contribution is -2.22. The largest absolute Gasteiger partial charge is 0.465 e.